The number of aryl methyl sites for hydroxylation is 1. The molecule has 0 aliphatic rings. The number of nitrogens with two attached hydrogens (primary N) is 1. The summed E-state index contributed by atoms with van der Waals surface area (Å²) in [5.74, 6) is -1.05. The predicted molar refractivity (Wildman–Crippen MR) is 88.3 cm³/mol. The third-order valence-corrected chi connectivity index (χ3v) is 6.80. The van der Waals surface area contributed by atoms with E-state index < -0.39 is 21.7 Å². The van der Waals surface area contributed by atoms with E-state index in [0.29, 0.717) is 14.3 Å². The summed E-state index contributed by atoms with van der Waals surface area (Å²) in [7, 11) is 1.46. The van der Waals surface area contributed by atoms with Crippen molar-refractivity contribution < 1.29 is 9.18 Å². The Balaban J connectivity index is 2.60. The minimum atomic E-state index is -1.23. The fourth-order valence-electron chi connectivity index (χ4n) is 1.82. The monoisotopic (exact) mass is 463 g/mol. The normalized spacial score (nSPS) is 11.2. The molecule has 0 saturated carbocycles. The third kappa shape index (κ3) is 3.35. The first kappa shape index (κ1) is 16.2. The number of benzene rings is 1. The van der Waals surface area contributed by atoms with Crippen LogP contribution in [0, 0.1) is 16.3 Å². The third-order valence-electron chi connectivity index (χ3n) is 2.90. The van der Waals surface area contributed by atoms with Crippen molar-refractivity contribution in [3.8, 4) is 0 Å². The maximum absolute atomic E-state index is 14.0. The molecule has 1 atom stereocenters. The first-order valence-corrected chi connectivity index (χ1v) is 9.08. The molecule has 5 nitrogen and oxygen atoms in total. The molecule has 0 aliphatic heterocycles. The van der Waals surface area contributed by atoms with E-state index in [1.165, 1.54) is 13.1 Å². The molecular weight excluding hydrogens is 451 g/mol. The van der Waals surface area contributed by atoms with Crippen molar-refractivity contribution >= 4 is 53.0 Å². The molecule has 0 bridgehead atoms. The van der Waals surface area contributed by atoms with Crippen LogP contribution >= 0.6 is 22.6 Å². The average Bonchev–Trinajstić information content (AvgIpc) is 2.41. The summed E-state index contributed by atoms with van der Waals surface area (Å²) in [4.78, 5) is 23.5. The fraction of sp³-hybridized carbons (Fsp3) is 0.154. The van der Waals surface area contributed by atoms with Crippen molar-refractivity contribution in [2.24, 2.45) is 12.8 Å². The summed E-state index contributed by atoms with van der Waals surface area (Å²) in [5, 5.41) is 3.91. The number of hydrogen-bond acceptors (Lipinski definition) is 3. The van der Waals surface area contributed by atoms with Crippen LogP contribution < -0.4 is 20.0 Å². The quantitative estimate of drug-likeness (QED) is 0.485. The second-order valence-corrected chi connectivity index (χ2v) is 8.34. The molecule has 0 radical (unpaired) electrons. The molecule has 0 aliphatic carbocycles. The summed E-state index contributed by atoms with van der Waals surface area (Å²) in [6.07, 6.45) is 0. The molecule has 1 aromatic carbocycles. The Hall–Kier alpha value is -1.21. The molecule has 1 heterocycles. The van der Waals surface area contributed by atoms with E-state index in [4.69, 9.17) is 5.73 Å². The molecule has 0 spiro atoms. The Morgan fingerprint density at radius 2 is 2.14 bits per heavy atom. The van der Waals surface area contributed by atoms with Gasteiger partial charge >= 0.3 is 141 Å². The Morgan fingerprint density at radius 1 is 1.48 bits per heavy atom. The number of nitrogens with zero attached hydrogens (tertiary/aromatic N) is 2. The second-order valence-electron chi connectivity index (χ2n) is 4.39. The first-order chi connectivity index (χ1) is 9.81. The standard InChI is InChI=1S/C13H12AsFIN3O2/c1-6-10(11(12(17)20)18-19(2)13(6)21)14-8-4-3-7(16)5-9(8)15/h3-5,14H,1-2H3,(H2,17,20). The van der Waals surface area contributed by atoms with Gasteiger partial charge in [-0.25, -0.2) is 0 Å². The second kappa shape index (κ2) is 6.27. The van der Waals surface area contributed by atoms with Crippen LogP contribution in [-0.4, -0.2) is 31.4 Å². The predicted octanol–water partition coefficient (Wildman–Crippen LogP) is -0.681. The van der Waals surface area contributed by atoms with Gasteiger partial charge < -0.3 is 0 Å². The van der Waals surface area contributed by atoms with E-state index in [2.05, 4.69) is 5.10 Å². The van der Waals surface area contributed by atoms with Gasteiger partial charge in [-0.05, 0) is 0 Å². The molecule has 2 rings (SSSR count). The van der Waals surface area contributed by atoms with Crippen LogP contribution in [0.1, 0.15) is 16.1 Å². The van der Waals surface area contributed by atoms with Crippen LogP contribution in [0.25, 0.3) is 0 Å². The Morgan fingerprint density at radius 3 is 2.71 bits per heavy atom. The fourth-order valence-corrected chi connectivity index (χ4v) is 4.82. The molecular formula is C13H12AsFIN3O2. The maximum atomic E-state index is 14.0. The molecule has 110 valence electrons. The molecule has 2 N–H and O–H groups in total. The number of rotatable bonds is 3. The number of amides is 1. The zero-order valence-electron chi connectivity index (χ0n) is 11.3. The molecule has 21 heavy (non-hydrogen) atoms. The van der Waals surface area contributed by atoms with Crippen LogP contribution in [0.2, 0.25) is 0 Å². The van der Waals surface area contributed by atoms with Crippen LogP contribution in [0.15, 0.2) is 23.0 Å². The first-order valence-electron chi connectivity index (χ1n) is 5.91. The number of hydrogen-bond donors (Lipinski definition) is 1. The van der Waals surface area contributed by atoms with Crippen molar-refractivity contribution in [1.29, 1.82) is 0 Å². The van der Waals surface area contributed by atoms with Gasteiger partial charge in [-0.3, -0.25) is 0 Å². The molecule has 8 heteroatoms. The van der Waals surface area contributed by atoms with E-state index in [9.17, 15) is 14.0 Å². The summed E-state index contributed by atoms with van der Waals surface area (Å²) < 4.78 is 16.9. The Labute approximate surface area is 140 Å². The van der Waals surface area contributed by atoms with Crippen LogP contribution in [0.3, 0.4) is 0 Å². The number of primary amides is 1. The van der Waals surface area contributed by atoms with Gasteiger partial charge in [0.05, 0.1) is 0 Å². The van der Waals surface area contributed by atoms with Crippen LogP contribution in [0.4, 0.5) is 4.39 Å². The molecule has 2 aromatic rings. The molecule has 0 saturated heterocycles. The molecule has 1 unspecified atom stereocenters. The Kier molecular flexibility index (Phi) is 4.83. The van der Waals surface area contributed by atoms with E-state index in [1.54, 1.807) is 19.1 Å². The Bertz CT molecular complexity index is 792. The van der Waals surface area contributed by atoms with Gasteiger partial charge in [-0.15, -0.1) is 0 Å². The van der Waals surface area contributed by atoms with Crippen LogP contribution in [-0.2, 0) is 7.05 Å². The van der Waals surface area contributed by atoms with Crippen molar-refractivity contribution in [1.82, 2.24) is 9.78 Å². The van der Waals surface area contributed by atoms with Gasteiger partial charge in [-0.2, -0.15) is 0 Å². The molecule has 1 amide bonds. The van der Waals surface area contributed by atoms with Gasteiger partial charge in [0.1, 0.15) is 0 Å². The summed E-state index contributed by atoms with van der Waals surface area (Å²) in [6, 6.07) is 4.89. The zero-order chi connectivity index (χ0) is 15.7. The minimum absolute atomic E-state index is 0.0487. The number of halogens is 2. The van der Waals surface area contributed by atoms with Gasteiger partial charge in [-0.1, -0.05) is 0 Å². The van der Waals surface area contributed by atoms with E-state index in [-0.39, 0.29) is 17.1 Å². The van der Waals surface area contributed by atoms with Crippen LogP contribution in [0.5, 0.6) is 0 Å². The van der Waals surface area contributed by atoms with Crippen molar-refractivity contribution in [3.63, 3.8) is 0 Å². The SMILES string of the molecule is Cc1c([AsH]c2ccc(I)cc2F)c(C(N)=O)nn(C)c1=O. The van der Waals surface area contributed by atoms with Gasteiger partial charge in [0.15, 0.2) is 0 Å². The molecule has 1 aromatic heterocycles. The van der Waals surface area contributed by atoms with Crippen molar-refractivity contribution in [3.05, 3.63) is 49.2 Å². The number of carbonyl (C=O) groups excluding carboxylic acids is 1. The van der Waals surface area contributed by atoms with Crippen molar-refractivity contribution in [2.45, 2.75) is 6.92 Å². The van der Waals surface area contributed by atoms with Crippen molar-refractivity contribution in [2.75, 3.05) is 0 Å². The van der Waals surface area contributed by atoms with Gasteiger partial charge in [0, 0.05) is 0 Å². The summed E-state index contributed by atoms with van der Waals surface area (Å²) in [6.45, 7) is 1.61. The number of aromatic nitrogens is 2. The number of carbonyl (C=O) groups is 1. The molecule has 0 fully saturated rings. The summed E-state index contributed by atoms with van der Waals surface area (Å²) >= 11 is 0.795. The van der Waals surface area contributed by atoms with E-state index >= 15 is 0 Å². The van der Waals surface area contributed by atoms with E-state index in [1.807, 2.05) is 22.6 Å². The van der Waals surface area contributed by atoms with Gasteiger partial charge in [0.2, 0.25) is 0 Å². The summed E-state index contributed by atoms with van der Waals surface area (Å²) in [5.41, 5.74) is 5.48. The van der Waals surface area contributed by atoms with E-state index in [0.717, 1.165) is 8.25 Å². The van der Waals surface area contributed by atoms with Gasteiger partial charge in [0.25, 0.3) is 0 Å². The zero-order valence-corrected chi connectivity index (χ0v) is 15.5. The average molecular weight is 463 g/mol. The topological polar surface area (TPSA) is 78.0 Å².